The van der Waals surface area contributed by atoms with E-state index in [1.807, 2.05) is 31.4 Å². The first-order valence-corrected chi connectivity index (χ1v) is 8.08. The summed E-state index contributed by atoms with van der Waals surface area (Å²) >= 11 is 1.56. The van der Waals surface area contributed by atoms with Gasteiger partial charge in [-0.05, 0) is 26.0 Å². The van der Waals surface area contributed by atoms with Crippen LogP contribution in [-0.4, -0.2) is 25.2 Å². The number of aromatic nitrogens is 1. The number of nitrogens with one attached hydrogen (secondary N) is 2. The van der Waals surface area contributed by atoms with Crippen LogP contribution in [-0.2, 0) is 6.54 Å². The number of ether oxygens (including phenoxy) is 2. The number of nitrogens with zero attached hydrogens (tertiary/aromatic N) is 1. The van der Waals surface area contributed by atoms with Crippen LogP contribution in [0, 0.1) is 6.92 Å². The topological polar surface area (TPSA) is 72.5 Å². The second kappa shape index (κ2) is 7.82. The fourth-order valence-corrected chi connectivity index (χ4v) is 2.77. The molecule has 0 unspecified atom stereocenters. The molecule has 0 radical (unpaired) electrons. The van der Waals surface area contributed by atoms with E-state index in [0.29, 0.717) is 18.0 Å². The number of rotatable bonds is 6. The molecule has 0 fully saturated rings. The van der Waals surface area contributed by atoms with E-state index >= 15 is 0 Å². The van der Waals surface area contributed by atoms with Crippen molar-refractivity contribution in [2.45, 2.75) is 26.4 Å². The lowest BCUT2D eigenvalue weighted by Gasteiger charge is -2.18. The number of benzene rings is 1. The Balaban J connectivity index is 1.95. The van der Waals surface area contributed by atoms with Gasteiger partial charge in [0.2, 0.25) is 0 Å². The van der Waals surface area contributed by atoms with Gasteiger partial charge in [-0.2, -0.15) is 0 Å². The van der Waals surface area contributed by atoms with Crippen molar-refractivity contribution in [1.82, 2.24) is 15.6 Å². The minimum atomic E-state index is -0.249. The Morgan fingerprint density at radius 3 is 2.74 bits per heavy atom. The number of amides is 2. The molecule has 2 N–H and O–H groups in total. The second-order valence-corrected chi connectivity index (χ2v) is 6.08. The highest BCUT2D eigenvalue weighted by Gasteiger charge is 2.15. The molecular weight excluding hydrogens is 314 g/mol. The third kappa shape index (κ3) is 4.59. The lowest BCUT2D eigenvalue weighted by atomic mass is 10.1. The molecule has 0 saturated carbocycles. The molecule has 1 atom stereocenters. The van der Waals surface area contributed by atoms with Crippen molar-refractivity contribution >= 4 is 17.4 Å². The average Bonchev–Trinajstić information content (AvgIpc) is 2.97. The maximum atomic E-state index is 12.0. The van der Waals surface area contributed by atoms with Crippen LogP contribution in [0.25, 0.3) is 0 Å². The Kier molecular flexibility index (Phi) is 5.81. The van der Waals surface area contributed by atoms with E-state index in [1.54, 1.807) is 31.6 Å². The standard InChI is InChI=1S/C16H21N3O3S/c1-10(14-6-5-13(21-3)7-15(14)22-4)18-16(20)17-8-12-9-23-11(2)19-12/h5-7,9-10H,8H2,1-4H3,(H2,17,18,20)/t10-/m1/s1. The van der Waals surface area contributed by atoms with Gasteiger partial charge in [0.25, 0.3) is 0 Å². The van der Waals surface area contributed by atoms with Crippen LogP contribution < -0.4 is 20.1 Å². The fourth-order valence-electron chi connectivity index (χ4n) is 2.16. The van der Waals surface area contributed by atoms with Crippen molar-refractivity contribution in [1.29, 1.82) is 0 Å². The highest BCUT2D eigenvalue weighted by atomic mass is 32.1. The van der Waals surface area contributed by atoms with Crippen LogP contribution in [0.3, 0.4) is 0 Å². The predicted molar refractivity (Wildman–Crippen MR) is 90.2 cm³/mol. The van der Waals surface area contributed by atoms with Gasteiger partial charge < -0.3 is 20.1 Å². The first-order chi connectivity index (χ1) is 11.0. The average molecular weight is 335 g/mol. The Morgan fingerprint density at radius 1 is 1.35 bits per heavy atom. The zero-order chi connectivity index (χ0) is 16.8. The molecule has 2 rings (SSSR count). The van der Waals surface area contributed by atoms with E-state index < -0.39 is 0 Å². The molecule has 2 aromatic rings. The first-order valence-electron chi connectivity index (χ1n) is 7.20. The number of urea groups is 1. The van der Waals surface area contributed by atoms with E-state index in [2.05, 4.69) is 15.6 Å². The molecule has 1 aromatic heterocycles. The summed E-state index contributed by atoms with van der Waals surface area (Å²) in [7, 11) is 3.19. The van der Waals surface area contributed by atoms with Gasteiger partial charge in [0.15, 0.2) is 0 Å². The number of aryl methyl sites for hydroxylation is 1. The summed E-state index contributed by atoms with van der Waals surface area (Å²) in [5.74, 6) is 1.38. The van der Waals surface area contributed by atoms with Gasteiger partial charge in [-0.3, -0.25) is 0 Å². The van der Waals surface area contributed by atoms with E-state index in [1.165, 1.54) is 0 Å². The zero-order valence-electron chi connectivity index (χ0n) is 13.7. The van der Waals surface area contributed by atoms with E-state index in [0.717, 1.165) is 16.3 Å². The molecule has 0 spiro atoms. The molecule has 0 aliphatic carbocycles. The van der Waals surface area contributed by atoms with Crippen molar-refractivity contribution in [3.8, 4) is 11.5 Å². The Morgan fingerprint density at radius 2 is 2.13 bits per heavy atom. The molecule has 124 valence electrons. The van der Waals surface area contributed by atoms with Crippen molar-refractivity contribution in [3.63, 3.8) is 0 Å². The number of thiazole rings is 1. The molecule has 0 aliphatic rings. The lowest BCUT2D eigenvalue weighted by Crippen LogP contribution is -2.36. The highest BCUT2D eigenvalue weighted by molar-refractivity contribution is 7.09. The smallest absolute Gasteiger partial charge is 0.315 e. The Hall–Kier alpha value is -2.28. The monoisotopic (exact) mass is 335 g/mol. The third-order valence-electron chi connectivity index (χ3n) is 3.35. The van der Waals surface area contributed by atoms with E-state index in [-0.39, 0.29) is 12.1 Å². The molecule has 0 aliphatic heterocycles. The molecule has 0 bridgehead atoms. The summed E-state index contributed by atoms with van der Waals surface area (Å²) in [6.45, 7) is 4.24. The van der Waals surface area contributed by atoms with Gasteiger partial charge in [-0.25, -0.2) is 9.78 Å². The molecule has 2 amide bonds. The SMILES string of the molecule is COc1ccc([C@@H](C)NC(=O)NCc2csc(C)n2)c(OC)c1. The molecule has 1 heterocycles. The largest absolute Gasteiger partial charge is 0.497 e. The third-order valence-corrected chi connectivity index (χ3v) is 4.17. The lowest BCUT2D eigenvalue weighted by molar-refractivity contribution is 0.237. The van der Waals surface area contributed by atoms with Crippen LogP contribution in [0.15, 0.2) is 23.6 Å². The Labute approximate surface area is 139 Å². The van der Waals surface area contributed by atoms with Gasteiger partial charge in [0.05, 0.1) is 37.5 Å². The van der Waals surface area contributed by atoms with Crippen LogP contribution in [0.1, 0.15) is 29.2 Å². The second-order valence-electron chi connectivity index (χ2n) is 5.01. The van der Waals surface area contributed by atoms with Gasteiger partial charge in [-0.1, -0.05) is 0 Å². The van der Waals surface area contributed by atoms with E-state index in [4.69, 9.17) is 9.47 Å². The van der Waals surface area contributed by atoms with Crippen molar-refractivity contribution in [2.75, 3.05) is 14.2 Å². The minimum absolute atomic E-state index is 0.201. The van der Waals surface area contributed by atoms with Gasteiger partial charge in [-0.15, -0.1) is 11.3 Å². The maximum absolute atomic E-state index is 12.0. The molecule has 23 heavy (non-hydrogen) atoms. The summed E-state index contributed by atoms with van der Waals surface area (Å²) in [5.41, 5.74) is 1.74. The predicted octanol–water partition coefficient (Wildman–Crippen LogP) is 3.03. The van der Waals surface area contributed by atoms with E-state index in [9.17, 15) is 4.79 Å². The number of carbonyl (C=O) groups is 1. The maximum Gasteiger partial charge on any atom is 0.315 e. The summed E-state index contributed by atoms with van der Waals surface area (Å²) < 4.78 is 10.5. The molecule has 1 aromatic carbocycles. The summed E-state index contributed by atoms with van der Waals surface area (Å²) in [6.07, 6.45) is 0. The number of methoxy groups -OCH3 is 2. The van der Waals surface area contributed by atoms with Crippen LogP contribution in [0.4, 0.5) is 4.79 Å². The van der Waals surface area contributed by atoms with Gasteiger partial charge in [0, 0.05) is 17.0 Å². The fraction of sp³-hybridized carbons (Fsp3) is 0.375. The van der Waals surface area contributed by atoms with Crippen LogP contribution in [0.2, 0.25) is 0 Å². The molecular formula is C16H21N3O3S. The van der Waals surface area contributed by atoms with Crippen LogP contribution in [0.5, 0.6) is 11.5 Å². The highest BCUT2D eigenvalue weighted by Crippen LogP contribution is 2.29. The first kappa shape index (κ1) is 17.1. The van der Waals surface area contributed by atoms with Crippen molar-refractivity contribution in [3.05, 3.63) is 39.8 Å². The quantitative estimate of drug-likeness (QED) is 0.851. The number of hydrogen-bond acceptors (Lipinski definition) is 5. The van der Waals surface area contributed by atoms with Crippen molar-refractivity contribution < 1.29 is 14.3 Å². The van der Waals surface area contributed by atoms with Crippen LogP contribution >= 0.6 is 11.3 Å². The molecule has 6 nitrogen and oxygen atoms in total. The van der Waals surface area contributed by atoms with Gasteiger partial charge >= 0.3 is 6.03 Å². The normalized spacial score (nSPS) is 11.7. The minimum Gasteiger partial charge on any atom is -0.497 e. The summed E-state index contributed by atoms with van der Waals surface area (Å²) in [5, 5.41) is 8.61. The summed E-state index contributed by atoms with van der Waals surface area (Å²) in [6, 6.07) is 5.07. The molecule has 0 saturated heterocycles. The number of carbonyl (C=O) groups excluding carboxylic acids is 1. The zero-order valence-corrected chi connectivity index (χ0v) is 14.5. The molecule has 7 heteroatoms. The number of hydrogen-bond donors (Lipinski definition) is 2. The Bertz CT molecular complexity index is 672. The van der Waals surface area contributed by atoms with Crippen molar-refractivity contribution in [2.24, 2.45) is 0 Å². The summed E-state index contributed by atoms with van der Waals surface area (Å²) in [4.78, 5) is 16.3. The van der Waals surface area contributed by atoms with Gasteiger partial charge in [0.1, 0.15) is 11.5 Å².